The van der Waals surface area contributed by atoms with Crippen molar-refractivity contribution in [2.24, 2.45) is 4.99 Å². The van der Waals surface area contributed by atoms with Crippen LogP contribution in [0.3, 0.4) is 0 Å². The van der Waals surface area contributed by atoms with Crippen LogP contribution < -0.4 is 5.32 Å². The second kappa shape index (κ2) is 8.58. The molecule has 0 unspecified atom stereocenters. The summed E-state index contributed by atoms with van der Waals surface area (Å²) in [6.07, 6.45) is 4.94. The highest BCUT2D eigenvalue weighted by molar-refractivity contribution is 6.33. The van der Waals surface area contributed by atoms with Gasteiger partial charge >= 0.3 is 0 Å². The van der Waals surface area contributed by atoms with Gasteiger partial charge in [0, 0.05) is 39.8 Å². The lowest BCUT2D eigenvalue weighted by Gasteiger charge is -2.10. The average molecular weight is 433 g/mol. The summed E-state index contributed by atoms with van der Waals surface area (Å²) < 4.78 is 20.4. The zero-order valence-electron chi connectivity index (χ0n) is 16.7. The Labute approximate surface area is 183 Å². The van der Waals surface area contributed by atoms with Crippen molar-refractivity contribution in [1.29, 1.82) is 0 Å². The number of rotatable bonds is 6. The maximum atomic E-state index is 14.8. The fraction of sp³-hybridized carbons (Fsp3) is 0.0400. The van der Waals surface area contributed by atoms with Crippen LogP contribution in [-0.4, -0.2) is 12.1 Å². The molecule has 4 nitrogen and oxygen atoms in total. The molecule has 0 saturated heterocycles. The number of furan rings is 2. The molecule has 0 aliphatic carbocycles. The van der Waals surface area contributed by atoms with E-state index in [-0.39, 0.29) is 0 Å². The highest BCUT2D eigenvalue weighted by atomic mass is 35.5. The van der Waals surface area contributed by atoms with E-state index in [4.69, 9.17) is 16.0 Å². The molecule has 0 spiro atoms. The molecule has 2 aromatic carbocycles. The van der Waals surface area contributed by atoms with E-state index in [1.807, 2.05) is 0 Å². The first-order valence-corrected chi connectivity index (χ1v) is 9.91. The summed E-state index contributed by atoms with van der Waals surface area (Å²) in [5.74, 6) is -0.904. The number of amides is 1. The molecule has 6 heteroatoms. The van der Waals surface area contributed by atoms with Gasteiger partial charge in [0.1, 0.15) is 17.0 Å². The second-order valence-corrected chi connectivity index (χ2v) is 7.20. The first-order chi connectivity index (χ1) is 15.0. The Hall–Kier alpha value is -3.70. The minimum Gasteiger partial charge on any atom is -0.456 e. The summed E-state index contributed by atoms with van der Waals surface area (Å²) in [6.45, 7) is 5.82. The molecule has 154 valence electrons. The molecule has 1 amide bonds. The maximum absolute atomic E-state index is 14.8. The van der Waals surface area contributed by atoms with Gasteiger partial charge < -0.3 is 9.73 Å². The smallest absolute Gasteiger partial charge is 0.260 e. The maximum Gasteiger partial charge on any atom is 0.260 e. The van der Waals surface area contributed by atoms with Gasteiger partial charge in [-0.3, -0.25) is 9.79 Å². The lowest BCUT2D eigenvalue weighted by atomic mass is 10.00. The number of carbonyl (C=O) groups is 1. The minimum absolute atomic E-state index is 0.319. The van der Waals surface area contributed by atoms with E-state index in [2.05, 4.69) is 16.9 Å². The van der Waals surface area contributed by atoms with Crippen LogP contribution in [0.25, 0.3) is 27.9 Å². The highest BCUT2D eigenvalue weighted by Crippen LogP contribution is 2.35. The Morgan fingerprint density at radius 1 is 1.10 bits per heavy atom. The first-order valence-electron chi connectivity index (χ1n) is 9.54. The lowest BCUT2D eigenvalue weighted by molar-refractivity contribution is 0.102. The summed E-state index contributed by atoms with van der Waals surface area (Å²) in [4.78, 5) is 17.0. The standard InChI is InChI=1S/C25H18ClFN2O2/c1-3-28-13-12-15(2)23-21-10-11-22(31-21)24(23)25(30)29-16-8-9-18(20(27)14-16)17-6-4-5-7-19(17)26/h3-14H,2H2,1H3,(H,29,30)/b13-12-,28-3-. The van der Waals surface area contributed by atoms with Gasteiger partial charge in [-0.2, -0.15) is 0 Å². The number of fused-ring (bicyclic) bond motifs is 2. The van der Waals surface area contributed by atoms with E-state index in [0.29, 0.717) is 49.7 Å². The Balaban J connectivity index is 1.62. The molecule has 4 aromatic rings. The van der Waals surface area contributed by atoms with Crippen LogP contribution in [0.15, 0.2) is 82.9 Å². The van der Waals surface area contributed by atoms with E-state index in [0.717, 1.165) is 0 Å². The van der Waals surface area contributed by atoms with Gasteiger partial charge in [-0.1, -0.05) is 36.4 Å². The van der Waals surface area contributed by atoms with Crippen molar-refractivity contribution in [3.63, 3.8) is 0 Å². The normalized spacial score (nSPS) is 11.7. The van der Waals surface area contributed by atoms with Crippen molar-refractivity contribution < 1.29 is 13.6 Å². The number of benzene rings is 3. The molecule has 2 bridgehead atoms. The third kappa shape index (κ3) is 4.00. The Morgan fingerprint density at radius 3 is 2.55 bits per heavy atom. The number of carbonyl (C=O) groups excluding carboxylic acids is 1. The summed E-state index contributed by atoms with van der Waals surface area (Å²) in [7, 11) is 0. The molecular formula is C25H18ClFN2O2. The van der Waals surface area contributed by atoms with Gasteiger partial charge in [0.2, 0.25) is 0 Å². The molecule has 0 fully saturated rings. The topological polar surface area (TPSA) is 54.6 Å². The van der Waals surface area contributed by atoms with Crippen LogP contribution in [0.4, 0.5) is 10.1 Å². The van der Waals surface area contributed by atoms with E-state index >= 15 is 0 Å². The number of anilines is 1. The van der Waals surface area contributed by atoms with E-state index < -0.39 is 11.7 Å². The van der Waals surface area contributed by atoms with Crippen LogP contribution in [-0.2, 0) is 0 Å². The van der Waals surface area contributed by atoms with Crippen molar-refractivity contribution in [1.82, 2.24) is 0 Å². The quantitative estimate of drug-likeness (QED) is 0.258. The molecule has 0 radical (unpaired) electrons. The molecule has 0 atom stereocenters. The molecule has 2 aromatic heterocycles. The Kier molecular flexibility index (Phi) is 5.69. The predicted molar refractivity (Wildman–Crippen MR) is 125 cm³/mol. The monoisotopic (exact) mass is 432 g/mol. The number of aliphatic imine (C=N–C) groups is 1. The van der Waals surface area contributed by atoms with Crippen LogP contribution in [0.5, 0.6) is 0 Å². The van der Waals surface area contributed by atoms with Gasteiger partial charge in [-0.15, -0.1) is 0 Å². The van der Waals surface area contributed by atoms with Crippen molar-refractivity contribution in [3.05, 3.63) is 95.4 Å². The van der Waals surface area contributed by atoms with Gasteiger partial charge in [-0.05, 0) is 55.0 Å². The molecule has 0 saturated carbocycles. The van der Waals surface area contributed by atoms with Crippen molar-refractivity contribution in [2.45, 2.75) is 6.92 Å². The molecular weight excluding hydrogens is 415 g/mol. The van der Waals surface area contributed by atoms with Crippen molar-refractivity contribution >= 4 is 46.1 Å². The van der Waals surface area contributed by atoms with E-state index in [9.17, 15) is 9.18 Å². The van der Waals surface area contributed by atoms with E-state index in [1.165, 1.54) is 6.07 Å². The lowest BCUT2D eigenvalue weighted by Crippen LogP contribution is -2.13. The number of halogens is 2. The fourth-order valence-electron chi connectivity index (χ4n) is 3.38. The molecule has 2 heterocycles. The molecule has 0 aliphatic rings. The number of allylic oxidation sites excluding steroid dienone is 2. The Bertz CT molecular complexity index is 1340. The van der Waals surface area contributed by atoms with Crippen molar-refractivity contribution in [2.75, 3.05) is 5.32 Å². The van der Waals surface area contributed by atoms with Gasteiger partial charge in [0.05, 0.1) is 5.56 Å². The number of hydrogen-bond acceptors (Lipinski definition) is 3. The summed E-state index contributed by atoms with van der Waals surface area (Å²) in [6, 6.07) is 15.0. The minimum atomic E-state index is -0.490. The summed E-state index contributed by atoms with van der Waals surface area (Å²) >= 11 is 6.18. The third-order valence-electron chi connectivity index (χ3n) is 4.80. The van der Waals surface area contributed by atoms with Crippen LogP contribution in [0.2, 0.25) is 5.02 Å². The zero-order chi connectivity index (χ0) is 22.0. The largest absolute Gasteiger partial charge is 0.456 e. The zero-order valence-corrected chi connectivity index (χ0v) is 17.4. The highest BCUT2D eigenvalue weighted by Gasteiger charge is 2.24. The van der Waals surface area contributed by atoms with Gasteiger partial charge in [0.25, 0.3) is 5.91 Å². The number of hydrogen-bond donors (Lipinski definition) is 1. The molecule has 0 aliphatic heterocycles. The first kappa shape index (κ1) is 20.6. The van der Waals surface area contributed by atoms with Crippen LogP contribution in [0, 0.1) is 5.82 Å². The fourth-order valence-corrected chi connectivity index (χ4v) is 3.62. The molecule has 1 N–H and O–H groups in total. The van der Waals surface area contributed by atoms with Crippen molar-refractivity contribution in [3.8, 4) is 11.1 Å². The van der Waals surface area contributed by atoms with Gasteiger partial charge in [-0.25, -0.2) is 4.39 Å². The average Bonchev–Trinajstić information content (AvgIpc) is 3.36. The summed E-state index contributed by atoms with van der Waals surface area (Å²) in [5.41, 5.74) is 3.77. The van der Waals surface area contributed by atoms with Crippen LogP contribution >= 0.6 is 11.6 Å². The molecule has 4 rings (SSSR count). The SMILES string of the molecule is C=C(/C=C\N=C/C)c1c(C(=O)Nc2ccc(-c3ccccc3Cl)c(F)c2)c2ccc1o2. The van der Waals surface area contributed by atoms with Gasteiger partial charge in [0.15, 0.2) is 0 Å². The number of nitrogens with one attached hydrogen (secondary N) is 1. The second-order valence-electron chi connectivity index (χ2n) is 6.79. The summed E-state index contributed by atoms with van der Waals surface area (Å²) in [5, 5.41) is 3.19. The number of nitrogens with zero attached hydrogens (tertiary/aromatic N) is 1. The predicted octanol–water partition coefficient (Wildman–Crippen LogP) is 7.20. The third-order valence-corrected chi connectivity index (χ3v) is 5.13. The molecule has 31 heavy (non-hydrogen) atoms. The van der Waals surface area contributed by atoms with Crippen LogP contribution in [0.1, 0.15) is 22.8 Å². The van der Waals surface area contributed by atoms with E-state index in [1.54, 1.807) is 73.9 Å². The Morgan fingerprint density at radius 2 is 1.84 bits per heavy atom.